The van der Waals surface area contributed by atoms with Crippen LogP contribution in [0.5, 0.6) is 0 Å². The van der Waals surface area contributed by atoms with Gasteiger partial charge in [-0.05, 0) is 11.5 Å². The van der Waals surface area contributed by atoms with E-state index in [0.717, 1.165) is 12.2 Å². The molecule has 19 heavy (non-hydrogen) atoms. The van der Waals surface area contributed by atoms with Crippen molar-refractivity contribution >= 4 is 0 Å². The van der Waals surface area contributed by atoms with Crippen LogP contribution in [0.4, 0.5) is 0 Å². The second-order valence-corrected chi connectivity index (χ2v) is 5.24. The van der Waals surface area contributed by atoms with E-state index in [1.54, 1.807) is 0 Å². The zero-order chi connectivity index (χ0) is 13.8. The van der Waals surface area contributed by atoms with Crippen LogP contribution in [-0.4, -0.2) is 9.55 Å². The van der Waals surface area contributed by atoms with Crippen LogP contribution in [0.1, 0.15) is 43.6 Å². The molecule has 3 atom stereocenters. The highest BCUT2D eigenvalue weighted by Gasteiger charge is 2.28. The van der Waals surface area contributed by atoms with Gasteiger partial charge in [0.1, 0.15) is 5.82 Å². The molecule has 2 rings (SSSR count). The Morgan fingerprint density at radius 1 is 1.26 bits per heavy atom. The summed E-state index contributed by atoms with van der Waals surface area (Å²) in [5.74, 6) is 1.77. The highest BCUT2D eigenvalue weighted by Crippen LogP contribution is 2.36. The fourth-order valence-electron chi connectivity index (χ4n) is 2.68. The molecule has 2 aromatic rings. The number of benzene rings is 1. The normalized spacial score (nSPS) is 16.0. The Morgan fingerprint density at radius 3 is 2.47 bits per heavy atom. The van der Waals surface area contributed by atoms with Crippen molar-refractivity contribution in [1.29, 1.82) is 0 Å². The van der Waals surface area contributed by atoms with Crippen molar-refractivity contribution in [1.82, 2.24) is 9.55 Å². The Balaban J connectivity index is 2.36. The molecule has 3 unspecified atom stereocenters. The molecule has 102 valence electrons. The molecule has 0 saturated carbocycles. The van der Waals surface area contributed by atoms with Crippen LogP contribution >= 0.6 is 0 Å². The van der Waals surface area contributed by atoms with E-state index in [2.05, 4.69) is 43.1 Å². The summed E-state index contributed by atoms with van der Waals surface area (Å²) >= 11 is 0. The summed E-state index contributed by atoms with van der Waals surface area (Å²) in [5, 5.41) is 0. The lowest BCUT2D eigenvalue weighted by Crippen LogP contribution is -2.27. The van der Waals surface area contributed by atoms with Crippen LogP contribution in [0.2, 0.25) is 0 Å². The molecule has 3 nitrogen and oxygen atoms in total. The van der Waals surface area contributed by atoms with Crippen molar-refractivity contribution in [3.8, 4) is 0 Å². The SMILES string of the molecule is CCC(C)C(c1ccccc1)C(N)c1nccn1C. The zero-order valence-corrected chi connectivity index (χ0v) is 12.0. The molecule has 1 aromatic heterocycles. The molecular formula is C16H23N3. The van der Waals surface area contributed by atoms with Crippen LogP contribution in [0.25, 0.3) is 0 Å². The van der Waals surface area contributed by atoms with Gasteiger partial charge in [-0.2, -0.15) is 0 Å². The lowest BCUT2D eigenvalue weighted by molar-refractivity contribution is 0.373. The first-order valence-corrected chi connectivity index (χ1v) is 6.92. The summed E-state index contributed by atoms with van der Waals surface area (Å²) in [6.45, 7) is 4.48. The maximum atomic E-state index is 6.51. The molecule has 0 saturated heterocycles. The highest BCUT2D eigenvalue weighted by atomic mass is 15.1. The average molecular weight is 257 g/mol. The summed E-state index contributed by atoms with van der Waals surface area (Å²) in [6, 6.07) is 10.5. The van der Waals surface area contributed by atoms with Crippen LogP contribution in [0, 0.1) is 5.92 Å². The van der Waals surface area contributed by atoms with Crippen LogP contribution < -0.4 is 5.73 Å². The molecule has 1 aromatic carbocycles. The van der Waals surface area contributed by atoms with Gasteiger partial charge in [-0.15, -0.1) is 0 Å². The number of hydrogen-bond acceptors (Lipinski definition) is 2. The second kappa shape index (κ2) is 6.02. The van der Waals surface area contributed by atoms with Gasteiger partial charge < -0.3 is 10.3 Å². The van der Waals surface area contributed by atoms with Crippen molar-refractivity contribution in [2.45, 2.75) is 32.2 Å². The van der Waals surface area contributed by atoms with E-state index < -0.39 is 0 Å². The van der Waals surface area contributed by atoms with Crippen molar-refractivity contribution in [2.75, 3.05) is 0 Å². The second-order valence-electron chi connectivity index (χ2n) is 5.24. The Labute approximate surface area is 115 Å². The van der Waals surface area contributed by atoms with Crippen molar-refractivity contribution in [3.05, 3.63) is 54.1 Å². The number of hydrogen-bond donors (Lipinski definition) is 1. The largest absolute Gasteiger partial charge is 0.337 e. The molecule has 3 heteroatoms. The van der Waals surface area contributed by atoms with Crippen LogP contribution in [0.15, 0.2) is 42.7 Å². The molecule has 0 fully saturated rings. The van der Waals surface area contributed by atoms with Crippen molar-refractivity contribution in [3.63, 3.8) is 0 Å². The summed E-state index contributed by atoms with van der Waals surface area (Å²) in [7, 11) is 2.00. The predicted molar refractivity (Wildman–Crippen MR) is 78.8 cm³/mol. The van der Waals surface area contributed by atoms with Gasteiger partial charge in [-0.1, -0.05) is 50.6 Å². The van der Waals surface area contributed by atoms with Crippen LogP contribution in [0.3, 0.4) is 0 Å². The van der Waals surface area contributed by atoms with E-state index in [1.165, 1.54) is 5.56 Å². The van der Waals surface area contributed by atoms with E-state index in [9.17, 15) is 0 Å². The molecule has 2 N–H and O–H groups in total. The molecule has 0 amide bonds. The third kappa shape index (κ3) is 2.87. The van der Waals surface area contributed by atoms with Gasteiger partial charge in [0.05, 0.1) is 6.04 Å². The van der Waals surface area contributed by atoms with E-state index in [4.69, 9.17) is 5.73 Å². The van der Waals surface area contributed by atoms with Gasteiger partial charge in [0.25, 0.3) is 0 Å². The smallest absolute Gasteiger partial charge is 0.126 e. The summed E-state index contributed by atoms with van der Waals surface area (Å²) in [5.41, 5.74) is 7.81. The van der Waals surface area contributed by atoms with E-state index >= 15 is 0 Å². The molecule has 0 aliphatic heterocycles. The zero-order valence-electron chi connectivity index (χ0n) is 12.0. The predicted octanol–water partition coefficient (Wildman–Crippen LogP) is 3.25. The summed E-state index contributed by atoms with van der Waals surface area (Å²) in [4.78, 5) is 4.42. The number of imidazole rings is 1. The number of nitrogens with zero attached hydrogens (tertiary/aromatic N) is 2. The Kier molecular flexibility index (Phi) is 4.38. The lowest BCUT2D eigenvalue weighted by atomic mass is 9.80. The number of aromatic nitrogens is 2. The van der Waals surface area contributed by atoms with Crippen molar-refractivity contribution < 1.29 is 0 Å². The Bertz CT molecular complexity index is 504. The molecule has 1 heterocycles. The highest BCUT2D eigenvalue weighted by molar-refractivity contribution is 5.24. The van der Waals surface area contributed by atoms with Gasteiger partial charge in [0.2, 0.25) is 0 Å². The topological polar surface area (TPSA) is 43.8 Å². The molecule has 0 aliphatic rings. The Hall–Kier alpha value is -1.61. The third-order valence-corrected chi connectivity index (χ3v) is 3.98. The molecule has 0 spiro atoms. The third-order valence-electron chi connectivity index (χ3n) is 3.98. The fraction of sp³-hybridized carbons (Fsp3) is 0.438. The molecule has 0 radical (unpaired) electrons. The van der Waals surface area contributed by atoms with Gasteiger partial charge in [-0.3, -0.25) is 0 Å². The molecule has 0 bridgehead atoms. The van der Waals surface area contributed by atoms with Crippen LogP contribution in [-0.2, 0) is 7.05 Å². The Morgan fingerprint density at radius 2 is 1.95 bits per heavy atom. The molecular weight excluding hydrogens is 234 g/mol. The maximum absolute atomic E-state index is 6.51. The average Bonchev–Trinajstić information content (AvgIpc) is 2.86. The first-order chi connectivity index (χ1) is 9.15. The number of rotatable bonds is 5. The standard InChI is InChI=1S/C16H23N3/c1-4-12(2)14(13-8-6-5-7-9-13)15(17)16-18-10-11-19(16)3/h5-12,14-15H,4,17H2,1-3H3. The number of aryl methyl sites for hydroxylation is 1. The minimum atomic E-state index is -0.0719. The van der Waals surface area contributed by atoms with Gasteiger partial charge in [0.15, 0.2) is 0 Å². The summed E-state index contributed by atoms with van der Waals surface area (Å²) < 4.78 is 2.02. The first kappa shape index (κ1) is 13.8. The fourth-order valence-corrected chi connectivity index (χ4v) is 2.68. The number of nitrogens with two attached hydrogens (primary N) is 1. The van der Waals surface area contributed by atoms with Gasteiger partial charge in [-0.25, -0.2) is 4.98 Å². The van der Waals surface area contributed by atoms with Crippen molar-refractivity contribution in [2.24, 2.45) is 18.7 Å². The summed E-state index contributed by atoms with van der Waals surface area (Å²) in [6.07, 6.45) is 4.87. The quantitative estimate of drug-likeness (QED) is 0.893. The lowest BCUT2D eigenvalue weighted by Gasteiger charge is -2.29. The monoisotopic (exact) mass is 257 g/mol. The minimum Gasteiger partial charge on any atom is -0.337 e. The van der Waals surface area contributed by atoms with Gasteiger partial charge in [0, 0.05) is 25.4 Å². The van der Waals surface area contributed by atoms with Gasteiger partial charge >= 0.3 is 0 Å². The molecule has 0 aliphatic carbocycles. The van der Waals surface area contributed by atoms with E-state index in [-0.39, 0.29) is 6.04 Å². The first-order valence-electron chi connectivity index (χ1n) is 6.92. The maximum Gasteiger partial charge on any atom is 0.126 e. The van der Waals surface area contributed by atoms with E-state index in [1.807, 2.05) is 30.1 Å². The van der Waals surface area contributed by atoms with E-state index in [0.29, 0.717) is 11.8 Å². The minimum absolute atomic E-state index is 0.0719.